The lowest BCUT2D eigenvalue weighted by molar-refractivity contribution is -0.158. The Hall–Kier alpha value is -1.93. The molecule has 0 bridgehead atoms. The Bertz CT molecular complexity index is 796. The molecule has 2 aliphatic heterocycles. The fourth-order valence-corrected chi connectivity index (χ4v) is 5.56. The van der Waals surface area contributed by atoms with Gasteiger partial charge in [0.1, 0.15) is 6.04 Å². The molecule has 1 aromatic rings. The third-order valence-electron chi connectivity index (χ3n) is 5.46. The first kappa shape index (κ1) is 20.8. The number of likely N-dealkylation sites (tertiary alicyclic amines) is 1. The van der Waals surface area contributed by atoms with Gasteiger partial charge in [-0.1, -0.05) is 18.2 Å². The molecule has 1 aromatic carbocycles. The number of nitrogens with zero attached hydrogens (tertiary/aromatic N) is 2. The summed E-state index contributed by atoms with van der Waals surface area (Å²) in [6.07, 6.45) is 3.59. The minimum Gasteiger partial charge on any atom is -0.464 e. The summed E-state index contributed by atoms with van der Waals surface area (Å²) >= 11 is 0. The number of carbonyl (C=O) groups is 2. The minimum atomic E-state index is -3.63. The van der Waals surface area contributed by atoms with Crippen molar-refractivity contribution in [1.82, 2.24) is 9.21 Å². The van der Waals surface area contributed by atoms with Crippen molar-refractivity contribution >= 4 is 21.9 Å². The molecule has 2 unspecified atom stereocenters. The monoisotopic (exact) mass is 408 g/mol. The Morgan fingerprint density at radius 1 is 1.07 bits per heavy atom. The summed E-state index contributed by atoms with van der Waals surface area (Å²) in [7, 11) is -3.63. The number of benzene rings is 1. The molecule has 0 radical (unpaired) electrons. The second kappa shape index (κ2) is 9.05. The lowest BCUT2D eigenvalue weighted by Gasteiger charge is -2.39. The van der Waals surface area contributed by atoms with Gasteiger partial charge in [0, 0.05) is 19.6 Å². The Morgan fingerprint density at radius 2 is 1.82 bits per heavy atom. The molecule has 2 heterocycles. The summed E-state index contributed by atoms with van der Waals surface area (Å²) in [5, 5.41) is 0. The number of amides is 1. The van der Waals surface area contributed by atoms with Gasteiger partial charge in [-0.2, -0.15) is 4.31 Å². The summed E-state index contributed by atoms with van der Waals surface area (Å²) in [6.45, 7) is 3.11. The van der Waals surface area contributed by atoms with Gasteiger partial charge in [0.05, 0.1) is 17.4 Å². The number of rotatable bonds is 5. The van der Waals surface area contributed by atoms with Gasteiger partial charge in [-0.25, -0.2) is 13.2 Å². The van der Waals surface area contributed by atoms with Crippen molar-refractivity contribution in [3.8, 4) is 0 Å². The van der Waals surface area contributed by atoms with Gasteiger partial charge in [-0.05, 0) is 51.2 Å². The average molecular weight is 409 g/mol. The minimum absolute atomic E-state index is 0.134. The summed E-state index contributed by atoms with van der Waals surface area (Å²) < 4.78 is 32.4. The van der Waals surface area contributed by atoms with Crippen LogP contribution in [0.15, 0.2) is 35.2 Å². The number of piperidine rings is 2. The van der Waals surface area contributed by atoms with Crippen LogP contribution in [-0.2, 0) is 24.3 Å². The molecular weight excluding hydrogens is 380 g/mol. The van der Waals surface area contributed by atoms with E-state index in [0.29, 0.717) is 32.4 Å². The fraction of sp³-hybridized carbons (Fsp3) is 0.600. The van der Waals surface area contributed by atoms with Crippen LogP contribution in [0.4, 0.5) is 0 Å². The molecule has 0 N–H and O–H groups in total. The van der Waals surface area contributed by atoms with Gasteiger partial charge in [-0.3, -0.25) is 4.79 Å². The van der Waals surface area contributed by atoms with Crippen LogP contribution in [-0.4, -0.2) is 61.8 Å². The molecule has 3 rings (SSSR count). The summed E-state index contributed by atoms with van der Waals surface area (Å²) in [4.78, 5) is 27.3. The van der Waals surface area contributed by atoms with Crippen LogP contribution in [0.5, 0.6) is 0 Å². The summed E-state index contributed by atoms with van der Waals surface area (Å²) in [6, 6.07) is 7.74. The molecule has 2 fully saturated rings. The standard InChI is InChI=1S/C20H28N2O5S/c1-2-27-20(24)18-12-6-7-14-22(18)19(23)16-9-8-13-21(15-16)28(25,26)17-10-4-3-5-11-17/h3-5,10-11,16,18H,2,6-9,12-15H2,1H3. The number of esters is 1. The molecule has 28 heavy (non-hydrogen) atoms. The lowest BCUT2D eigenvalue weighted by atomic mass is 9.94. The predicted octanol–water partition coefficient (Wildman–Crippen LogP) is 2.03. The van der Waals surface area contributed by atoms with Crippen molar-refractivity contribution in [3.63, 3.8) is 0 Å². The zero-order chi connectivity index (χ0) is 20.1. The van der Waals surface area contributed by atoms with Crippen LogP contribution < -0.4 is 0 Å². The van der Waals surface area contributed by atoms with E-state index >= 15 is 0 Å². The van der Waals surface area contributed by atoms with E-state index in [9.17, 15) is 18.0 Å². The van der Waals surface area contributed by atoms with Crippen molar-refractivity contribution < 1.29 is 22.7 Å². The molecule has 7 nitrogen and oxygen atoms in total. The van der Waals surface area contributed by atoms with Gasteiger partial charge >= 0.3 is 5.97 Å². The van der Waals surface area contributed by atoms with E-state index in [1.54, 1.807) is 42.2 Å². The van der Waals surface area contributed by atoms with Crippen molar-refractivity contribution in [1.29, 1.82) is 0 Å². The third kappa shape index (κ3) is 4.38. The van der Waals surface area contributed by atoms with Gasteiger partial charge in [0.25, 0.3) is 0 Å². The first-order valence-electron chi connectivity index (χ1n) is 9.97. The number of carbonyl (C=O) groups excluding carboxylic acids is 2. The topological polar surface area (TPSA) is 84.0 Å². The Kier molecular flexibility index (Phi) is 6.72. The summed E-state index contributed by atoms with van der Waals surface area (Å²) in [5.41, 5.74) is 0. The van der Waals surface area contributed by atoms with Gasteiger partial charge in [-0.15, -0.1) is 0 Å². The Labute approximate surface area is 166 Å². The SMILES string of the molecule is CCOC(=O)C1CCCCN1C(=O)C1CCCN(S(=O)(=O)c2ccccc2)C1. The predicted molar refractivity (Wildman–Crippen MR) is 104 cm³/mol. The zero-order valence-corrected chi connectivity index (χ0v) is 17.1. The molecule has 154 valence electrons. The van der Waals surface area contributed by atoms with Crippen LogP contribution in [0, 0.1) is 5.92 Å². The Morgan fingerprint density at radius 3 is 2.54 bits per heavy atom. The van der Waals surface area contributed by atoms with E-state index in [-0.39, 0.29) is 29.9 Å². The maximum absolute atomic E-state index is 13.2. The smallest absolute Gasteiger partial charge is 0.328 e. The van der Waals surface area contributed by atoms with Crippen LogP contribution in [0.1, 0.15) is 39.0 Å². The van der Waals surface area contributed by atoms with E-state index in [1.165, 1.54) is 4.31 Å². The van der Waals surface area contributed by atoms with Crippen LogP contribution in [0.25, 0.3) is 0 Å². The molecule has 2 saturated heterocycles. The maximum Gasteiger partial charge on any atom is 0.328 e. The normalized spacial score (nSPS) is 24.0. The number of hydrogen-bond acceptors (Lipinski definition) is 5. The van der Waals surface area contributed by atoms with E-state index < -0.39 is 22.0 Å². The number of sulfonamides is 1. The third-order valence-corrected chi connectivity index (χ3v) is 7.34. The fourth-order valence-electron chi connectivity index (χ4n) is 4.02. The van der Waals surface area contributed by atoms with Crippen molar-refractivity contribution in [2.75, 3.05) is 26.2 Å². The number of hydrogen-bond donors (Lipinski definition) is 0. The molecular formula is C20H28N2O5S. The van der Waals surface area contributed by atoms with Crippen LogP contribution in [0.2, 0.25) is 0 Å². The molecule has 1 amide bonds. The number of ether oxygens (including phenoxy) is 1. The van der Waals surface area contributed by atoms with Crippen molar-refractivity contribution in [2.24, 2.45) is 5.92 Å². The largest absolute Gasteiger partial charge is 0.464 e. The average Bonchev–Trinajstić information content (AvgIpc) is 2.74. The van der Waals surface area contributed by atoms with Crippen molar-refractivity contribution in [3.05, 3.63) is 30.3 Å². The quantitative estimate of drug-likeness (QED) is 0.696. The van der Waals surface area contributed by atoms with E-state index in [1.807, 2.05) is 0 Å². The molecule has 8 heteroatoms. The highest BCUT2D eigenvalue weighted by atomic mass is 32.2. The molecule has 0 saturated carbocycles. The molecule has 0 aromatic heterocycles. The first-order chi connectivity index (χ1) is 13.4. The van der Waals surface area contributed by atoms with Crippen LogP contribution >= 0.6 is 0 Å². The summed E-state index contributed by atoms with van der Waals surface area (Å²) in [5.74, 6) is -0.923. The van der Waals surface area contributed by atoms with Gasteiger partial charge in [0.2, 0.25) is 15.9 Å². The molecule has 2 aliphatic rings. The van der Waals surface area contributed by atoms with Crippen molar-refractivity contribution in [2.45, 2.75) is 50.0 Å². The zero-order valence-electron chi connectivity index (χ0n) is 16.2. The van der Waals surface area contributed by atoms with Crippen LogP contribution in [0.3, 0.4) is 0 Å². The second-order valence-corrected chi connectivity index (χ2v) is 9.25. The first-order valence-corrected chi connectivity index (χ1v) is 11.4. The highest BCUT2D eigenvalue weighted by Gasteiger charge is 2.39. The van der Waals surface area contributed by atoms with E-state index in [4.69, 9.17) is 4.74 Å². The Balaban J connectivity index is 1.74. The van der Waals surface area contributed by atoms with Gasteiger partial charge in [0.15, 0.2) is 0 Å². The molecule has 2 atom stereocenters. The molecule has 0 spiro atoms. The maximum atomic E-state index is 13.2. The highest BCUT2D eigenvalue weighted by Crippen LogP contribution is 2.28. The lowest BCUT2D eigenvalue weighted by Crippen LogP contribution is -2.53. The second-order valence-electron chi connectivity index (χ2n) is 7.31. The highest BCUT2D eigenvalue weighted by molar-refractivity contribution is 7.89. The van der Waals surface area contributed by atoms with Gasteiger partial charge < -0.3 is 9.64 Å². The molecule has 0 aliphatic carbocycles. The van der Waals surface area contributed by atoms with E-state index in [0.717, 1.165) is 12.8 Å². The van der Waals surface area contributed by atoms with E-state index in [2.05, 4.69) is 0 Å².